The van der Waals surface area contributed by atoms with Gasteiger partial charge in [-0.15, -0.1) is 11.8 Å². The van der Waals surface area contributed by atoms with Crippen LogP contribution in [0.2, 0.25) is 0 Å². The minimum absolute atomic E-state index is 0.170. The van der Waals surface area contributed by atoms with E-state index in [1.54, 1.807) is 0 Å². The highest BCUT2D eigenvalue weighted by molar-refractivity contribution is 8.04. The summed E-state index contributed by atoms with van der Waals surface area (Å²) in [5, 5.41) is 0.230. The molecule has 0 saturated carbocycles. The maximum Gasteiger partial charge on any atom is 0.268 e. The topological polar surface area (TPSA) is 46.6 Å². The molecule has 1 aliphatic heterocycles. The van der Waals surface area contributed by atoms with Crippen molar-refractivity contribution >= 4 is 29.1 Å². The Hall–Kier alpha value is -1.75. The van der Waals surface area contributed by atoms with Gasteiger partial charge in [0.25, 0.3) is 11.8 Å². The molecule has 0 atom stereocenters. The van der Waals surface area contributed by atoms with Crippen molar-refractivity contribution in [2.24, 2.45) is 5.92 Å². The molecule has 0 radical (unpaired) electrons. The number of hydrogen-bond acceptors (Lipinski definition) is 4. The van der Waals surface area contributed by atoms with Crippen LogP contribution in [0.1, 0.15) is 40.2 Å². The molecule has 0 saturated heterocycles. The minimum Gasteiger partial charge on any atom is -0.494 e. The van der Waals surface area contributed by atoms with Crippen molar-refractivity contribution in [2.75, 3.05) is 13.2 Å². The van der Waals surface area contributed by atoms with Crippen molar-refractivity contribution in [3.8, 4) is 5.75 Å². The van der Waals surface area contributed by atoms with Gasteiger partial charge in [0.1, 0.15) is 5.75 Å². The number of carbonyl (C=O) groups is 2. The Balaban J connectivity index is 2.42. The van der Waals surface area contributed by atoms with E-state index in [0.29, 0.717) is 23.6 Å². The summed E-state index contributed by atoms with van der Waals surface area (Å²) in [6.45, 7) is 11.0. The quantitative estimate of drug-likeness (QED) is 0.700. The first-order valence-corrected chi connectivity index (χ1v) is 9.23. The van der Waals surface area contributed by atoms with Gasteiger partial charge in [-0.1, -0.05) is 39.8 Å². The zero-order chi connectivity index (χ0) is 17.9. The lowest BCUT2D eigenvalue weighted by atomic mass is 10.1. The standard InChI is InChI=1S/C19H25NO3S/c1-6-23-15-9-7-14(8-10-15)16-17(24-13(4)5)19(22)20(18(16)21)11-12(2)3/h7-10,12-13H,6,11H2,1-5H3. The maximum atomic E-state index is 12.9. The molecule has 0 spiro atoms. The number of carbonyl (C=O) groups excluding carboxylic acids is 2. The van der Waals surface area contributed by atoms with Crippen LogP contribution in [0.15, 0.2) is 29.2 Å². The molecule has 4 nitrogen and oxygen atoms in total. The summed E-state index contributed by atoms with van der Waals surface area (Å²) in [4.78, 5) is 27.5. The van der Waals surface area contributed by atoms with Crippen molar-refractivity contribution in [1.29, 1.82) is 0 Å². The minimum atomic E-state index is -0.194. The second-order valence-corrected chi connectivity index (χ2v) is 8.03. The first-order chi connectivity index (χ1) is 11.3. The average Bonchev–Trinajstić information content (AvgIpc) is 2.72. The second kappa shape index (κ2) is 7.88. The van der Waals surface area contributed by atoms with E-state index in [4.69, 9.17) is 4.74 Å². The van der Waals surface area contributed by atoms with E-state index in [9.17, 15) is 9.59 Å². The molecule has 0 unspecified atom stereocenters. The van der Waals surface area contributed by atoms with Gasteiger partial charge in [-0.3, -0.25) is 14.5 Å². The Labute approximate surface area is 148 Å². The van der Waals surface area contributed by atoms with E-state index in [2.05, 4.69) is 0 Å². The zero-order valence-corrected chi connectivity index (χ0v) is 15.8. The third-order valence-electron chi connectivity index (χ3n) is 3.48. The maximum absolute atomic E-state index is 12.9. The second-order valence-electron chi connectivity index (χ2n) is 6.44. The number of rotatable bonds is 7. The van der Waals surface area contributed by atoms with Gasteiger partial charge in [0, 0.05) is 11.8 Å². The Bertz CT molecular complexity index is 647. The smallest absolute Gasteiger partial charge is 0.268 e. The Morgan fingerprint density at radius 3 is 2.17 bits per heavy atom. The molecule has 5 heteroatoms. The van der Waals surface area contributed by atoms with Crippen LogP contribution >= 0.6 is 11.8 Å². The molecular formula is C19H25NO3S. The number of benzene rings is 1. The predicted molar refractivity (Wildman–Crippen MR) is 98.8 cm³/mol. The largest absolute Gasteiger partial charge is 0.494 e. The fraction of sp³-hybridized carbons (Fsp3) is 0.474. The highest BCUT2D eigenvalue weighted by Gasteiger charge is 2.39. The summed E-state index contributed by atoms with van der Waals surface area (Å²) < 4.78 is 5.45. The molecule has 0 bridgehead atoms. The number of imide groups is 1. The molecule has 1 aromatic rings. The van der Waals surface area contributed by atoms with E-state index in [-0.39, 0.29) is 23.0 Å². The van der Waals surface area contributed by atoms with Crippen LogP contribution in [0.4, 0.5) is 0 Å². The molecule has 1 aliphatic rings. The third kappa shape index (κ3) is 4.01. The molecule has 24 heavy (non-hydrogen) atoms. The molecule has 1 aromatic carbocycles. The number of ether oxygens (including phenoxy) is 1. The van der Waals surface area contributed by atoms with E-state index in [0.717, 1.165) is 11.3 Å². The highest BCUT2D eigenvalue weighted by Crippen LogP contribution is 2.38. The summed E-state index contributed by atoms with van der Waals surface area (Å²) in [5.41, 5.74) is 1.29. The summed E-state index contributed by atoms with van der Waals surface area (Å²) in [6.07, 6.45) is 0. The van der Waals surface area contributed by atoms with Crippen LogP contribution in [-0.4, -0.2) is 35.1 Å². The number of amides is 2. The molecule has 1 heterocycles. The van der Waals surface area contributed by atoms with Gasteiger partial charge in [0.05, 0.1) is 17.1 Å². The average molecular weight is 347 g/mol. The summed E-state index contributed by atoms with van der Waals surface area (Å²) in [7, 11) is 0. The molecule has 2 rings (SSSR count). The molecule has 0 aromatic heterocycles. The van der Waals surface area contributed by atoms with Gasteiger partial charge < -0.3 is 4.74 Å². The van der Waals surface area contributed by atoms with Crippen molar-refractivity contribution < 1.29 is 14.3 Å². The summed E-state index contributed by atoms with van der Waals surface area (Å²) >= 11 is 1.46. The van der Waals surface area contributed by atoms with Crippen molar-refractivity contribution in [3.63, 3.8) is 0 Å². The van der Waals surface area contributed by atoms with Crippen molar-refractivity contribution in [1.82, 2.24) is 4.90 Å². The van der Waals surface area contributed by atoms with Crippen LogP contribution in [0.3, 0.4) is 0 Å². The van der Waals surface area contributed by atoms with Crippen LogP contribution in [0.5, 0.6) is 5.75 Å². The third-order valence-corrected chi connectivity index (χ3v) is 4.57. The lowest BCUT2D eigenvalue weighted by molar-refractivity contribution is -0.137. The summed E-state index contributed by atoms with van der Waals surface area (Å²) in [6, 6.07) is 7.38. The molecule has 0 aliphatic carbocycles. The number of thioether (sulfide) groups is 1. The Kier molecular flexibility index (Phi) is 6.10. The van der Waals surface area contributed by atoms with E-state index in [1.807, 2.05) is 58.9 Å². The van der Waals surface area contributed by atoms with E-state index in [1.165, 1.54) is 16.7 Å². The Morgan fingerprint density at radius 2 is 1.67 bits per heavy atom. The lowest BCUT2D eigenvalue weighted by Gasteiger charge is -2.17. The normalized spacial score (nSPS) is 15.2. The molecular weight excluding hydrogens is 322 g/mol. The first kappa shape index (κ1) is 18.6. The van der Waals surface area contributed by atoms with Crippen LogP contribution in [-0.2, 0) is 9.59 Å². The van der Waals surface area contributed by atoms with Crippen molar-refractivity contribution in [2.45, 2.75) is 39.9 Å². The van der Waals surface area contributed by atoms with Gasteiger partial charge in [0.15, 0.2) is 0 Å². The Morgan fingerprint density at radius 1 is 1.04 bits per heavy atom. The SMILES string of the molecule is CCOc1ccc(C2=C(SC(C)C)C(=O)N(CC(C)C)C2=O)cc1. The van der Waals surface area contributed by atoms with Crippen LogP contribution in [0, 0.1) is 5.92 Å². The van der Waals surface area contributed by atoms with Crippen LogP contribution < -0.4 is 4.74 Å². The fourth-order valence-corrected chi connectivity index (χ4v) is 3.57. The van der Waals surface area contributed by atoms with Gasteiger partial charge in [-0.2, -0.15) is 0 Å². The molecule has 0 fully saturated rings. The van der Waals surface area contributed by atoms with Crippen LogP contribution in [0.25, 0.3) is 5.57 Å². The molecule has 130 valence electrons. The van der Waals surface area contributed by atoms with Gasteiger partial charge in [-0.05, 0) is 30.5 Å². The predicted octanol–water partition coefficient (Wildman–Crippen LogP) is 3.96. The van der Waals surface area contributed by atoms with Gasteiger partial charge in [-0.25, -0.2) is 0 Å². The monoisotopic (exact) mass is 347 g/mol. The van der Waals surface area contributed by atoms with Gasteiger partial charge >= 0.3 is 0 Å². The van der Waals surface area contributed by atoms with Gasteiger partial charge in [0.2, 0.25) is 0 Å². The number of nitrogens with zero attached hydrogens (tertiary/aromatic N) is 1. The summed E-state index contributed by atoms with van der Waals surface area (Å²) in [5.74, 6) is 0.635. The van der Waals surface area contributed by atoms with E-state index < -0.39 is 0 Å². The fourth-order valence-electron chi connectivity index (χ4n) is 2.57. The zero-order valence-electron chi connectivity index (χ0n) is 15.0. The molecule has 0 N–H and O–H groups in total. The molecule has 2 amide bonds. The van der Waals surface area contributed by atoms with E-state index >= 15 is 0 Å². The highest BCUT2D eigenvalue weighted by atomic mass is 32.2. The lowest BCUT2D eigenvalue weighted by Crippen LogP contribution is -2.34. The van der Waals surface area contributed by atoms with Crippen molar-refractivity contribution in [3.05, 3.63) is 34.7 Å². The number of hydrogen-bond donors (Lipinski definition) is 0. The first-order valence-electron chi connectivity index (χ1n) is 8.35.